The van der Waals surface area contributed by atoms with Crippen molar-refractivity contribution >= 4 is 11.6 Å². The predicted molar refractivity (Wildman–Crippen MR) is 50.7 cm³/mol. The second-order valence-corrected chi connectivity index (χ2v) is 3.34. The topological polar surface area (TPSA) is 33.2 Å². The molecule has 0 spiro atoms. The number of rotatable bonds is 0. The monoisotopic (exact) mass is 176 g/mol. The van der Waals surface area contributed by atoms with Gasteiger partial charge in [0.1, 0.15) is 0 Å². The van der Waals surface area contributed by atoms with E-state index in [9.17, 15) is 4.79 Å². The molecule has 0 bridgehead atoms. The summed E-state index contributed by atoms with van der Waals surface area (Å²) in [5.74, 6) is 0.101. The molecule has 0 saturated carbocycles. The molecule has 0 saturated heterocycles. The minimum Gasteiger partial charge on any atom is -0.310 e. The van der Waals surface area contributed by atoms with Gasteiger partial charge in [0.05, 0.1) is 11.4 Å². The van der Waals surface area contributed by atoms with Gasteiger partial charge in [-0.15, -0.1) is 0 Å². The van der Waals surface area contributed by atoms with Crippen molar-refractivity contribution in [3.05, 3.63) is 23.5 Å². The Bertz CT molecular complexity index is 360. The first-order valence-electron chi connectivity index (χ1n) is 4.43. The van der Waals surface area contributed by atoms with E-state index in [1.165, 1.54) is 0 Å². The summed E-state index contributed by atoms with van der Waals surface area (Å²) in [6.45, 7) is 4.34. The molecular formula is C10H12N2O. The average molecular weight is 176 g/mol. The summed E-state index contributed by atoms with van der Waals surface area (Å²) in [5.41, 5.74) is 3.05. The first-order chi connectivity index (χ1) is 6.18. The molecular weight excluding hydrogens is 164 g/mol. The van der Waals surface area contributed by atoms with Crippen LogP contribution in [0.1, 0.15) is 18.3 Å². The molecule has 0 radical (unpaired) electrons. The number of carbonyl (C=O) groups excluding carboxylic acids is 1. The van der Waals surface area contributed by atoms with Crippen LogP contribution < -0.4 is 4.90 Å². The fourth-order valence-electron chi connectivity index (χ4n) is 1.70. The highest BCUT2D eigenvalue weighted by molar-refractivity contribution is 5.93. The molecule has 0 unspecified atom stereocenters. The summed E-state index contributed by atoms with van der Waals surface area (Å²) in [5, 5.41) is 0. The molecule has 3 nitrogen and oxygen atoms in total. The molecule has 0 aromatic carbocycles. The van der Waals surface area contributed by atoms with E-state index in [1.54, 1.807) is 11.8 Å². The molecule has 2 rings (SSSR count). The van der Waals surface area contributed by atoms with Gasteiger partial charge in [0.15, 0.2) is 0 Å². The zero-order valence-electron chi connectivity index (χ0n) is 7.87. The number of aromatic nitrogens is 1. The normalized spacial score (nSPS) is 14.5. The van der Waals surface area contributed by atoms with Crippen LogP contribution in [0.2, 0.25) is 0 Å². The molecule has 0 aliphatic carbocycles. The summed E-state index contributed by atoms with van der Waals surface area (Å²) >= 11 is 0. The first kappa shape index (κ1) is 8.23. The van der Waals surface area contributed by atoms with Crippen LogP contribution in [0.3, 0.4) is 0 Å². The number of anilines is 1. The van der Waals surface area contributed by atoms with Gasteiger partial charge in [0, 0.05) is 25.6 Å². The number of pyridine rings is 1. The Kier molecular flexibility index (Phi) is 1.79. The van der Waals surface area contributed by atoms with E-state index in [4.69, 9.17) is 0 Å². The molecule has 1 aromatic heterocycles. The maximum atomic E-state index is 11.2. The molecule has 3 heteroatoms. The molecule has 68 valence electrons. The van der Waals surface area contributed by atoms with E-state index in [-0.39, 0.29) is 5.91 Å². The Hall–Kier alpha value is -1.38. The van der Waals surface area contributed by atoms with Gasteiger partial charge >= 0.3 is 0 Å². The van der Waals surface area contributed by atoms with Crippen LogP contribution in [0, 0.1) is 6.92 Å². The number of hydrogen-bond donors (Lipinski definition) is 0. The summed E-state index contributed by atoms with van der Waals surface area (Å²) in [4.78, 5) is 17.4. The van der Waals surface area contributed by atoms with Gasteiger partial charge in [-0.1, -0.05) is 0 Å². The first-order valence-corrected chi connectivity index (χ1v) is 4.43. The van der Waals surface area contributed by atoms with Gasteiger partial charge in [-0.05, 0) is 19.1 Å². The van der Waals surface area contributed by atoms with Crippen molar-refractivity contribution in [2.45, 2.75) is 20.3 Å². The second kappa shape index (κ2) is 2.83. The fourth-order valence-corrected chi connectivity index (χ4v) is 1.70. The average Bonchev–Trinajstić information content (AvgIpc) is 2.46. The zero-order valence-corrected chi connectivity index (χ0v) is 7.87. The number of fused-ring (bicyclic) bond motifs is 1. The van der Waals surface area contributed by atoms with E-state index in [1.807, 2.05) is 19.1 Å². The van der Waals surface area contributed by atoms with Crippen molar-refractivity contribution in [2.75, 3.05) is 11.4 Å². The largest absolute Gasteiger partial charge is 0.310 e. The van der Waals surface area contributed by atoms with E-state index >= 15 is 0 Å². The minimum absolute atomic E-state index is 0.101. The van der Waals surface area contributed by atoms with Gasteiger partial charge in [-0.3, -0.25) is 9.78 Å². The van der Waals surface area contributed by atoms with Crippen LogP contribution in [-0.2, 0) is 11.2 Å². The zero-order chi connectivity index (χ0) is 9.42. The molecule has 0 N–H and O–H groups in total. The Morgan fingerprint density at radius 3 is 3.00 bits per heavy atom. The lowest BCUT2D eigenvalue weighted by atomic mass is 10.2. The third-order valence-corrected chi connectivity index (χ3v) is 2.33. The van der Waals surface area contributed by atoms with Crippen molar-refractivity contribution in [1.29, 1.82) is 0 Å². The Morgan fingerprint density at radius 1 is 1.54 bits per heavy atom. The number of carbonyl (C=O) groups is 1. The van der Waals surface area contributed by atoms with Crippen LogP contribution in [0.15, 0.2) is 12.1 Å². The number of hydrogen-bond acceptors (Lipinski definition) is 2. The van der Waals surface area contributed by atoms with E-state index in [0.717, 1.165) is 30.0 Å². The molecule has 2 heterocycles. The number of nitrogens with zero attached hydrogens (tertiary/aromatic N) is 2. The van der Waals surface area contributed by atoms with Gasteiger partial charge < -0.3 is 4.90 Å². The van der Waals surface area contributed by atoms with Crippen molar-refractivity contribution < 1.29 is 4.79 Å². The molecule has 1 aliphatic heterocycles. The molecule has 0 fully saturated rings. The SMILES string of the molecule is CC(=O)N1CCc2nc(C)ccc21. The predicted octanol–water partition coefficient (Wildman–Crippen LogP) is 1.30. The van der Waals surface area contributed by atoms with E-state index in [0.29, 0.717) is 0 Å². The highest BCUT2D eigenvalue weighted by Crippen LogP contribution is 2.26. The number of amides is 1. The maximum absolute atomic E-state index is 11.2. The van der Waals surface area contributed by atoms with E-state index < -0.39 is 0 Å². The molecule has 13 heavy (non-hydrogen) atoms. The third-order valence-electron chi connectivity index (χ3n) is 2.33. The van der Waals surface area contributed by atoms with Crippen LogP contribution in [-0.4, -0.2) is 17.4 Å². The van der Waals surface area contributed by atoms with Crippen LogP contribution >= 0.6 is 0 Å². The lowest BCUT2D eigenvalue weighted by Crippen LogP contribution is -2.25. The Morgan fingerprint density at radius 2 is 2.31 bits per heavy atom. The van der Waals surface area contributed by atoms with Gasteiger partial charge in [-0.25, -0.2) is 0 Å². The molecule has 1 aromatic rings. The quantitative estimate of drug-likeness (QED) is 0.597. The highest BCUT2D eigenvalue weighted by Gasteiger charge is 2.22. The number of aryl methyl sites for hydroxylation is 1. The van der Waals surface area contributed by atoms with Crippen molar-refractivity contribution in [3.8, 4) is 0 Å². The van der Waals surface area contributed by atoms with Crippen LogP contribution in [0.25, 0.3) is 0 Å². The molecule has 0 atom stereocenters. The second-order valence-electron chi connectivity index (χ2n) is 3.34. The minimum atomic E-state index is 0.101. The lowest BCUT2D eigenvalue weighted by molar-refractivity contribution is -0.116. The van der Waals surface area contributed by atoms with Crippen LogP contribution in [0.5, 0.6) is 0 Å². The van der Waals surface area contributed by atoms with Crippen molar-refractivity contribution in [3.63, 3.8) is 0 Å². The summed E-state index contributed by atoms with van der Waals surface area (Å²) < 4.78 is 0. The van der Waals surface area contributed by atoms with Crippen molar-refractivity contribution in [1.82, 2.24) is 4.98 Å². The fraction of sp³-hybridized carbons (Fsp3) is 0.400. The maximum Gasteiger partial charge on any atom is 0.223 e. The Labute approximate surface area is 77.4 Å². The molecule has 1 aliphatic rings. The van der Waals surface area contributed by atoms with Crippen molar-refractivity contribution in [2.24, 2.45) is 0 Å². The standard InChI is InChI=1S/C10H12N2O/c1-7-3-4-10-9(11-7)5-6-12(10)8(2)13/h3-4H,5-6H2,1-2H3. The lowest BCUT2D eigenvalue weighted by Gasteiger charge is -2.13. The molecule has 1 amide bonds. The van der Waals surface area contributed by atoms with Gasteiger partial charge in [0.25, 0.3) is 0 Å². The van der Waals surface area contributed by atoms with E-state index in [2.05, 4.69) is 4.98 Å². The Balaban J connectivity index is 2.44. The highest BCUT2D eigenvalue weighted by atomic mass is 16.2. The van der Waals surface area contributed by atoms with Gasteiger partial charge in [0.2, 0.25) is 5.91 Å². The smallest absolute Gasteiger partial charge is 0.223 e. The summed E-state index contributed by atoms with van der Waals surface area (Å²) in [6.07, 6.45) is 0.886. The van der Waals surface area contributed by atoms with Crippen LogP contribution in [0.4, 0.5) is 5.69 Å². The summed E-state index contributed by atoms with van der Waals surface area (Å²) in [6, 6.07) is 3.92. The van der Waals surface area contributed by atoms with Gasteiger partial charge in [-0.2, -0.15) is 0 Å². The summed E-state index contributed by atoms with van der Waals surface area (Å²) in [7, 11) is 0. The third kappa shape index (κ3) is 1.30.